The Labute approximate surface area is 110 Å². The summed E-state index contributed by atoms with van der Waals surface area (Å²) in [5.41, 5.74) is 1.38. The van der Waals surface area contributed by atoms with E-state index in [4.69, 9.17) is 5.11 Å². The Hall–Kier alpha value is -1.29. The lowest BCUT2D eigenvalue weighted by Gasteiger charge is -2.21. The van der Waals surface area contributed by atoms with Crippen LogP contribution in [0.25, 0.3) is 5.57 Å². The summed E-state index contributed by atoms with van der Waals surface area (Å²) in [6.45, 7) is 0.202. The number of halogens is 3. The summed E-state index contributed by atoms with van der Waals surface area (Å²) in [6, 6.07) is 5.36. The van der Waals surface area contributed by atoms with Crippen LogP contribution in [0.2, 0.25) is 0 Å². The second-order valence-corrected chi connectivity index (χ2v) is 4.96. The van der Waals surface area contributed by atoms with Gasteiger partial charge in [0.15, 0.2) is 0 Å². The SMILES string of the molecule is OCCC1CC=C(c2ccc(C(F)(F)F)cc2)CC1. The molecule has 19 heavy (non-hydrogen) atoms. The van der Waals surface area contributed by atoms with Gasteiger partial charge in [0.25, 0.3) is 0 Å². The Bertz CT molecular complexity index is 445. The molecule has 0 spiro atoms. The molecule has 4 heteroatoms. The van der Waals surface area contributed by atoms with Gasteiger partial charge in [-0.1, -0.05) is 18.2 Å². The number of aliphatic hydroxyl groups excluding tert-OH is 1. The fourth-order valence-electron chi connectivity index (χ4n) is 2.47. The van der Waals surface area contributed by atoms with E-state index < -0.39 is 11.7 Å². The number of benzene rings is 1. The zero-order valence-corrected chi connectivity index (χ0v) is 10.6. The number of allylic oxidation sites excluding steroid dienone is 2. The lowest BCUT2D eigenvalue weighted by Crippen LogP contribution is -2.08. The number of hydrogen-bond donors (Lipinski definition) is 1. The summed E-state index contributed by atoms with van der Waals surface area (Å²) in [4.78, 5) is 0. The second kappa shape index (κ2) is 5.78. The minimum absolute atomic E-state index is 0.202. The molecule has 0 bridgehead atoms. The van der Waals surface area contributed by atoms with Crippen LogP contribution in [0.1, 0.15) is 36.8 Å². The molecule has 1 atom stereocenters. The smallest absolute Gasteiger partial charge is 0.396 e. The van der Waals surface area contributed by atoms with Gasteiger partial charge in [-0.2, -0.15) is 13.2 Å². The normalized spacial score (nSPS) is 20.2. The molecule has 0 heterocycles. The summed E-state index contributed by atoms with van der Waals surface area (Å²) in [6.07, 6.45) is 1.38. The maximum absolute atomic E-state index is 12.5. The van der Waals surface area contributed by atoms with Gasteiger partial charge in [-0.25, -0.2) is 0 Å². The molecule has 1 aliphatic carbocycles. The van der Waals surface area contributed by atoms with E-state index >= 15 is 0 Å². The third-order valence-corrected chi connectivity index (χ3v) is 3.64. The molecule has 1 aromatic rings. The lowest BCUT2D eigenvalue weighted by atomic mass is 9.85. The summed E-state index contributed by atoms with van der Waals surface area (Å²) >= 11 is 0. The highest BCUT2D eigenvalue weighted by atomic mass is 19.4. The van der Waals surface area contributed by atoms with Gasteiger partial charge in [-0.05, 0) is 54.9 Å². The molecule has 0 saturated carbocycles. The van der Waals surface area contributed by atoms with Crippen molar-refractivity contribution in [3.8, 4) is 0 Å². The van der Waals surface area contributed by atoms with Crippen molar-refractivity contribution in [3.63, 3.8) is 0 Å². The minimum Gasteiger partial charge on any atom is -0.396 e. The van der Waals surface area contributed by atoms with Crippen molar-refractivity contribution < 1.29 is 18.3 Å². The van der Waals surface area contributed by atoms with Crippen LogP contribution in [0.15, 0.2) is 30.3 Å². The monoisotopic (exact) mass is 270 g/mol. The molecular weight excluding hydrogens is 253 g/mol. The van der Waals surface area contributed by atoms with Crippen molar-refractivity contribution in [2.24, 2.45) is 5.92 Å². The van der Waals surface area contributed by atoms with E-state index in [1.54, 1.807) is 12.1 Å². The van der Waals surface area contributed by atoms with Crippen LogP contribution in [-0.2, 0) is 6.18 Å². The van der Waals surface area contributed by atoms with E-state index in [0.29, 0.717) is 5.92 Å². The van der Waals surface area contributed by atoms with Crippen LogP contribution in [0.3, 0.4) is 0 Å². The molecule has 1 aromatic carbocycles. The van der Waals surface area contributed by atoms with Crippen molar-refractivity contribution in [3.05, 3.63) is 41.5 Å². The maximum Gasteiger partial charge on any atom is 0.416 e. The van der Waals surface area contributed by atoms with E-state index in [0.717, 1.165) is 49.0 Å². The number of aliphatic hydroxyl groups is 1. The van der Waals surface area contributed by atoms with Gasteiger partial charge in [-0.15, -0.1) is 0 Å². The molecule has 2 rings (SSSR count). The fourth-order valence-corrected chi connectivity index (χ4v) is 2.47. The predicted octanol–water partition coefficient (Wildman–Crippen LogP) is 4.27. The highest BCUT2D eigenvalue weighted by Gasteiger charge is 2.30. The Morgan fingerprint density at radius 3 is 2.32 bits per heavy atom. The molecule has 0 radical (unpaired) electrons. The van der Waals surface area contributed by atoms with Crippen molar-refractivity contribution in [1.29, 1.82) is 0 Å². The first-order valence-corrected chi connectivity index (χ1v) is 6.48. The summed E-state index contributed by atoms with van der Waals surface area (Å²) < 4.78 is 37.4. The van der Waals surface area contributed by atoms with E-state index in [2.05, 4.69) is 6.08 Å². The largest absolute Gasteiger partial charge is 0.416 e. The molecule has 104 valence electrons. The summed E-state index contributed by atoms with van der Waals surface area (Å²) in [5.74, 6) is 0.503. The Kier molecular flexibility index (Phi) is 4.30. The minimum atomic E-state index is -4.27. The molecule has 1 N–H and O–H groups in total. The summed E-state index contributed by atoms with van der Waals surface area (Å²) in [7, 11) is 0. The van der Waals surface area contributed by atoms with Crippen molar-refractivity contribution in [2.75, 3.05) is 6.61 Å². The van der Waals surface area contributed by atoms with Gasteiger partial charge in [0.2, 0.25) is 0 Å². The molecule has 0 fully saturated rings. The molecule has 0 saturated heterocycles. The molecular formula is C15H17F3O. The number of rotatable bonds is 3. The molecule has 1 nitrogen and oxygen atoms in total. The van der Waals surface area contributed by atoms with Crippen molar-refractivity contribution in [2.45, 2.75) is 31.9 Å². The van der Waals surface area contributed by atoms with E-state index in [-0.39, 0.29) is 6.61 Å². The Morgan fingerprint density at radius 1 is 1.16 bits per heavy atom. The summed E-state index contributed by atoms with van der Waals surface area (Å²) in [5, 5.41) is 8.88. The average Bonchev–Trinajstić information content (AvgIpc) is 2.39. The van der Waals surface area contributed by atoms with E-state index in [1.807, 2.05) is 0 Å². The highest BCUT2D eigenvalue weighted by molar-refractivity contribution is 5.66. The van der Waals surface area contributed by atoms with Gasteiger partial charge in [-0.3, -0.25) is 0 Å². The van der Waals surface area contributed by atoms with E-state index in [1.165, 1.54) is 0 Å². The quantitative estimate of drug-likeness (QED) is 0.869. The van der Waals surface area contributed by atoms with Crippen LogP contribution in [0.5, 0.6) is 0 Å². The van der Waals surface area contributed by atoms with Crippen LogP contribution >= 0.6 is 0 Å². The number of hydrogen-bond acceptors (Lipinski definition) is 1. The van der Waals surface area contributed by atoms with Crippen LogP contribution in [0, 0.1) is 5.92 Å². The standard InChI is InChI=1S/C15H17F3O/c16-15(17,18)14-7-5-13(6-8-14)12-3-1-11(2-4-12)9-10-19/h3,5-8,11,19H,1-2,4,9-10H2. The zero-order chi connectivity index (χ0) is 13.9. The lowest BCUT2D eigenvalue weighted by molar-refractivity contribution is -0.137. The third-order valence-electron chi connectivity index (χ3n) is 3.64. The molecule has 0 aliphatic heterocycles. The van der Waals surface area contributed by atoms with Gasteiger partial charge >= 0.3 is 6.18 Å². The maximum atomic E-state index is 12.5. The fraction of sp³-hybridized carbons (Fsp3) is 0.467. The predicted molar refractivity (Wildman–Crippen MR) is 68.5 cm³/mol. The zero-order valence-electron chi connectivity index (χ0n) is 10.6. The van der Waals surface area contributed by atoms with E-state index in [9.17, 15) is 13.2 Å². The van der Waals surface area contributed by atoms with Crippen LogP contribution in [-0.4, -0.2) is 11.7 Å². The molecule has 1 aliphatic rings. The molecule has 0 aromatic heterocycles. The van der Waals surface area contributed by atoms with Gasteiger partial charge in [0.05, 0.1) is 5.56 Å². The van der Waals surface area contributed by atoms with Gasteiger partial charge < -0.3 is 5.11 Å². The van der Waals surface area contributed by atoms with Crippen molar-refractivity contribution >= 4 is 5.57 Å². The topological polar surface area (TPSA) is 20.2 Å². The first-order chi connectivity index (χ1) is 9.00. The first-order valence-electron chi connectivity index (χ1n) is 6.48. The Balaban J connectivity index is 2.07. The average molecular weight is 270 g/mol. The number of alkyl halides is 3. The highest BCUT2D eigenvalue weighted by Crippen LogP contribution is 2.34. The third kappa shape index (κ3) is 3.60. The first kappa shape index (κ1) is 14.1. The molecule has 1 unspecified atom stereocenters. The Morgan fingerprint density at radius 2 is 1.84 bits per heavy atom. The van der Waals surface area contributed by atoms with Gasteiger partial charge in [0, 0.05) is 6.61 Å². The molecule has 0 amide bonds. The van der Waals surface area contributed by atoms with Crippen molar-refractivity contribution in [1.82, 2.24) is 0 Å². The van der Waals surface area contributed by atoms with Crippen LogP contribution < -0.4 is 0 Å². The second-order valence-electron chi connectivity index (χ2n) is 4.96. The van der Waals surface area contributed by atoms with Crippen LogP contribution in [0.4, 0.5) is 13.2 Å². The van der Waals surface area contributed by atoms with Gasteiger partial charge in [0.1, 0.15) is 0 Å².